The van der Waals surface area contributed by atoms with Crippen LogP contribution in [0.3, 0.4) is 0 Å². The Hall–Kier alpha value is -1.14. The quantitative estimate of drug-likeness (QED) is 0.604. The fourth-order valence-corrected chi connectivity index (χ4v) is 1.19. The van der Waals surface area contributed by atoms with Crippen LogP contribution < -0.4 is 5.73 Å². The maximum absolute atomic E-state index is 13.0. The van der Waals surface area contributed by atoms with E-state index in [1.54, 1.807) is 0 Å². The molecule has 6 heteroatoms. The predicted molar refractivity (Wildman–Crippen MR) is 44.9 cm³/mol. The van der Waals surface area contributed by atoms with Crippen molar-refractivity contribution >= 4 is 0 Å². The summed E-state index contributed by atoms with van der Waals surface area (Å²) in [4.78, 5) is 0. The third kappa shape index (κ3) is 2.27. The molecule has 0 aliphatic carbocycles. The van der Waals surface area contributed by atoms with Gasteiger partial charge in [-0.1, -0.05) is 0 Å². The fourth-order valence-electron chi connectivity index (χ4n) is 1.19. The Kier molecular flexibility index (Phi) is 3.65. The highest BCUT2D eigenvalue weighted by Gasteiger charge is 2.24. The second kappa shape index (κ2) is 4.59. The van der Waals surface area contributed by atoms with E-state index in [1.165, 1.54) is 0 Å². The summed E-state index contributed by atoms with van der Waals surface area (Å²) in [6.45, 7) is -0.0574. The summed E-state index contributed by atoms with van der Waals surface area (Å²) in [5.74, 6) is -6.26. The number of benzene rings is 1. The molecule has 3 N–H and O–H groups in total. The molecule has 0 saturated carbocycles. The molecule has 1 aromatic rings. The molecule has 0 amide bonds. The van der Waals surface area contributed by atoms with Crippen LogP contribution in [0.4, 0.5) is 17.6 Å². The van der Waals surface area contributed by atoms with Crippen LogP contribution in [-0.2, 0) is 0 Å². The number of nitrogens with two attached hydrogens (primary N) is 1. The Labute approximate surface area is 83.3 Å². The molecule has 2 nitrogen and oxygen atoms in total. The smallest absolute Gasteiger partial charge is 0.167 e. The zero-order valence-electron chi connectivity index (χ0n) is 7.61. The van der Waals surface area contributed by atoms with Crippen molar-refractivity contribution in [2.75, 3.05) is 6.54 Å². The van der Waals surface area contributed by atoms with E-state index < -0.39 is 34.9 Å². The van der Waals surface area contributed by atoms with Gasteiger partial charge in [-0.3, -0.25) is 0 Å². The van der Waals surface area contributed by atoms with E-state index in [0.29, 0.717) is 0 Å². The van der Waals surface area contributed by atoms with Crippen LogP contribution in [0.1, 0.15) is 18.1 Å². The Morgan fingerprint density at radius 3 is 2.00 bits per heavy atom. The number of hydrogen-bond donors (Lipinski definition) is 2. The zero-order chi connectivity index (χ0) is 11.6. The number of rotatable bonds is 3. The first-order valence-electron chi connectivity index (χ1n) is 4.20. The van der Waals surface area contributed by atoms with Gasteiger partial charge in [0.2, 0.25) is 0 Å². The van der Waals surface area contributed by atoms with E-state index in [0.717, 1.165) is 0 Å². The molecule has 0 saturated heterocycles. The lowest BCUT2D eigenvalue weighted by atomic mass is 10.0. The van der Waals surface area contributed by atoms with E-state index in [1.807, 2.05) is 0 Å². The summed E-state index contributed by atoms with van der Waals surface area (Å²) >= 11 is 0. The van der Waals surface area contributed by atoms with Gasteiger partial charge in [0.25, 0.3) is 0 Å². The third-order valence-electron chi connectivity index (χ3n) is 1.92. The second-order valence-electron chi connectivity index (χ2n) is 2.98. The maximum atomic E-state index is 13.0. The van der Waals surface area contributed by atoms with Crippen molar-refractivity contribution in [1.82, 2.24) is 0 Å². The molecule has 1 rings (SSSR count). The Bertz CT molecular complexity index is 343. The predicted octanol–water partition coefficient (Wildman–Crippen LogP) is 1.63. The minimum absolute atomic E-state index is 0.0574. The number of aliphatic hydroxyl groups excluding tert-OH is 1. The molecule has 1 aromatic carbocycles. The molecule has 0 spiro atoms. The summed E-state index contributed by atoms with van der Waals surface area (Å²) in [6.07, 6.45) is -1.84. The summed E-state index contributed by atoms with van der Waals surface area (Å²) < 4.78 is 51.5. The van der Waals surface area contributed by atoms with Gasteiger partial charge < -0.3 is 10.8 Å². The van der Waals surface area contributed by atoms with E-state index >= 15 is 0 Å². The minimum atomic E-state index is -1.65. The molecular weight excluding hydrogens is 214 g/mol. The Morgan fingerprint density at radius 1 is 1.13 bits per heavy atom. The van der Waals surface area contributed by atoms with E-state index in [4.69, 9.17) is 5.73 Å². The van der Waals surface area contributed by atoms with Gasteiger partial charge >= 0.3 is 0 Å². The van der Waals surface area contributed by atoms with Crippen LogP contribution in [0.2, 0.25) is 0 Å². The summed E-state index contributed by atoms with van der Waals surface area (Å²) in [5, 5.41) is 9.24. The monoisotopic (exact) mass is 223 g/mol. The molecule has 84 valence electrons. The van der Waals surface area contributed by atoms with Crippen molar-refractivity contribution < 1.29 is 22.7 Å². The maximum Gasteiger partial charge on any atom is 0.167 e. The number of aliphatic hydroxyl groups is 1. The minimum Gasteiger partial charge on any atom is -0.388 e. The van der Waals surface area contributed by atoms with Crippen molar-refractivity contribution in [1.29, 1.82) is 0 Å². The molecule has 15 heavy (non-hydrogen) atoms. The summed E-state index contributed by atoms with van der Waals surface area (Å²) in [7, 11) is 0. The number of halogens is 4. The molecule has 0 aromatic heterocycles. The van der Waals surface area contributed by atoms with Crippen molar-refractivity contribution in [2.24, 2.45) is 5.73 Å². The lowest BCUT2D eigenvalue weighted by Gasteiger charge is -2.12. The van der Waals surface area contributed by atoms with Gasteiger partial charge in [-0.2, -0.15) is 0 Å². The molecule has 0 unspecified atom stereocenters. The average Bonchev–Trinajstić information content (AvgIpc) is 2.16. The van der Waals surface area contributed by atoms with Crippen LogP contribution >= 0.6 is 0 Å². The molecule has 1 atom stereocenters. The van der Waals surface area contributed by atoms with Gasteiger partial charge in [0.15, 0.2) is 23.3 Å². The van der Waals surface area contributed by atoms with Crippen LogP contribution in [0.15, 0.2) is 6.07 Å². The van der Waals surface area contributed by atoms with Crippen molar-refractivity contribution in [3.63, 3.8) is 0 Å². The van der Waals surface area contributed by atoms with Gasteiger partial charge in [-0.25, -0.2) is 17.6 Å². The topological polar surface area (TPSA) is 46.2 Å². The highest BCUT2D eigenvalue weighted by Crippen LogP contribution is 2.26. The Morgan fingerprint density at radius 2 is 1.60 bits per heavy atom. The highest BCUT2D eigenvalue weighted by molar-refractivity contribution is 5.24. The first-order chi connectivity index (χ1) is 6.99. The van der Waals surface area contributed by atoms with Crippen LogP contribution in [0, 0.1) is 23.3 Å². The largest absolute Gasteiger partial charge is 0.388 e. The molecule has 0 aliphatic rings. The molecular formula is C9H9F4NO. The fraction of sp³-hybridized carbons (Fsp3) is 0.333. The molecule has 0 heterocycles. The van der Waals surface area contributed by atoms with Gasteiger partial charge in [-0.15, -0.1) is 0 Å². The normalized spacial score (nSPS) is 12.9. The van der Waals surface area contributed by atoms with E-state index in [9.17, 15) is 22.7 Å². The first-order valence-corrected chi connectivity index (χ1v) is 4.20. The lowest BCUT2D eigenvalue weighted by molar-refractivity contribution is 0.157. The van der Waals surface area contributed by atoms with Crippen LogP contribution in [0.25, 0.3) is 0 Å². The van der Waals surface area contributed by atoms with E-state index in [-0.39, 0.29) is 19.0 Å². The second-order valence-corrected chi connectivity index (χ2v) is 2.98. The summed E-state index contributed by atoms with van der Waals surface area (Å²) in [5.41, 5.74) is 4.03. The van der Waals surface area contributed by atoms with E-state index in [2.05, 4.69) is 0 Å². The SMILES string of the molecule is NCC[C@H](O)c1c(F)c(F)cc(F)c1F. The number of hydrogen-bond acceptors (Lipinski definition) is 2. The molecule has 0 aliphatic heterocycles. The van der Waals surface area contributed by atoms with Gasteiger partial charge in [-0.05, 0) is 13.0 Å². The highest BCUT2D eigenvalue weighted by atomic mass is 19.2. The average molecular weight is 223 g/mol. The first kappa shape index (κ1) is 11.9. The van der Waals surface area contributed by atoms with Gasteiger partial charge in [0, 0.05) is 6.07 Å². The zero-order valence-corrected chi connectivity index (χ0v) is 7.61. The Balaban J connectivity index is 3.26. The molecule has 0 fully saturated rings. The third-order valence-corrected chi connectivity index (χ3v) is 1.92. The standard InChI is InChI=1S/C9H9F4NO/c10-4-3-5(11)9(13)7(8(4)12)6(15)1-2-14/h3,6,15H,1-2,14H2/t6-/m0/s1. The van der Waals surface area contributed by atoms with Gasteiger partial charge in [0.1, 0.15) is 0 Å². The van der Waals surface area contributed by atoms with Crippen molar-refractivity contribution in [2.45, 2.75) is 12.5 Å². The summed E-state index contributed by atoms with van der Waals surface area (Å²) in [6, 6.07) is 0.0866. The van der Waals surface area contributed by atoms with Crippen molar-refractivity contribution in [3.05, 3.63) is 34.9 Å². The van der Waals surface area contributed by atoms with Crippen LogP contribution in [-0.4, -0.2) is 11.7 Å². The lowest BCUT2D eigenvalue weighted by Crippen LogP contribution is -2.12. The molecule has 0 radical (unpaired) electrons. The van der Waals surface area contributed by atoms with Crippen molar-refractivity contribution in [3.8, 4) is 0 Å². The van der Waals surface area contributed by atoms with Crippen LogP contribution in [0.5, 0.6) is 0 Å². The molecule has 0 bridgehead atoms. The van der Waals surface area contributed by atoms with Gasteiger partial charge in [0.05, 0.1) is 11.7 Å².